The first kappa shape index (κ1) is 130. The SMILES string of the molecule is C=C(C)C(=O)OCCN(C(=O)CCC1(C)CC(NC(=O)OCCCCOC(=O)CC2CC(C)(C)CC(C)(CNC(=O)NCCOCCO)C2)CC(C)(C)C1)C(C)(C)C.C=C(C)C(=O)OCCNC(C)(C)C.CC1(C)CC(CC(=O)OCCCCOC(=O)NC2CC(C)(C)CC(C)(COC#N)C2)CC(C)(CN=C=O)C1.CC1(C)CC(OC#N)CC(C)(CN=C=O)C1.NCCOCCO.OCCCCO. The van der Waals surface area contributed by atoms with Gasteiger partial charge in [-0.05, 0) is 257 Å². The molecule has 35 nitrogen and oxygen atoms in total. The Kier molecular flexibility index (Phi) is 61.0. The molecule has 5 saturated carbocycles. The number of nitrogens with zero attached hydrogens (tertiary/aromatic N) is 5. The first-order valence-electron chi connectivity index (χ1n) is 49.4. The Morgan fingerprint density at radius 2 is 0.884 bits per heavy atom. The van der Waals surface area contributed by atoms with Crippen LogP contribution in [0.2, 0.25) is 0 Å². The van der Waals surface area contributed by atoms with E-state index >= 15 is 0 Å². The van der Waals surface area contributed by atoms with Gasteiger partial charge in [0.2, 0.25) is 18.1 Å². The van der Waals surface area contributed by atoms with Crippen molar-refractivity contribution in [3.8, 4) is 12.5 Å². The maximum Gasteiger partial charge on any atom is 0.407 e. The van der Waals surface area contributed by atoms with Crippen LogP contribution >= 0.6 is 0 Å². The minimum atomic E-state index is -0.469. The van der Waals surface area contributed by atoms with Gasteiger partial charge in [0.15, 0.2) is 0 Å². The zero-order chi connectivity index (χ0) is 105. The number of unbranched alkanes of at least 4 members (excludes halogenated alkanes) is 3. The third-order valence-corrected chi connectivity index (χ3v) is 24.5. The van der Waals surface area contributed by atoms with Crippen LogP contribution in [0, 0.1) is 89.0 Å². The number of ether oxygens (including phenoxy) is 10. The Bertz CT molecular complexity index is 3810. The molecule has 0 bridgehead atoms. The number of aliphatic imine (C=N–C) groups is 2. The summed E-state index contributed by atoms with van der Waals surface area (Å²) in [5.74, 6) is -0.901. The highest BCUT2D eigenvalue weighted by atomic mass is 16.6. The quantitative estimate of drug-likeness (QED) is 0.00514. The van der Waals surface area contributed by atoms with Gasteiger partial charge in [-0.1, -0.05) is 117 Å². The number of aliphatic hydroxyl groups excluding tert-OH is 4. The van der Waals surface area contributed by atoms with Gasteiger partial charge in [0.25, 0.3) is 12.5 Å². The molecule has 0 saturated heterocycles. The predicted molar refractivity (Wildman–Crippen MR) is 530 cm³/mol. The highest BCUT2D eigenvalue weighted by Crippen LogP contribution is 2.53. The van der Waals surface area contributed by atoms with Crippen LogP contribution in [-0.4, -0.2) is 260 Å². The lowest BCUT2D eigenvalue weighted by Crippen LogP contribution is -2.49. The second-order valence-corrected chi connectivity index (χ2v) is 46.2. The zero-order valence-corrected chi connectivity index (χ0v) is 88.8. The minimum absolute atomic E-state index is 0.00395. The summed E-state index contributed by atoms with van der Waals surface area (Å²) >= 11 is 0. The Balaban J connectivity index is 0.00000197. The van der Waals surface area contributed by atoms with Gasteiger partial charge in [0.05, 0.1) is 85.7 Å². The maximum absolute atomic E-state index is 13.5. The molecule has 35 heteroatoms. The number of nitrogens with two attached hydrogens (primary N) is 1. The van der Waals surface area contributed by atoms with E-state index in [9.17, 15) is 47.9 Å². The van der Waals surface area contributed by atoms with Crippen molar-refractivity contribution in [1.29, 1.82) is 10.5 Å². The number of hydrogen-bond acceptors (Lipinski definition) is 30. The number of hydrogen-bond donors (Lipinski definition) is 10. The number of carbonyl (C=O) groups is 8. The third-order valence-electron chi connectivity index (χ3n) is 24.5. The number of isocyanates is 2. The van der Waals surface area contributed by atoms with Gasteiger partial charge in [-0.2, -0.15) is 10.5 Å². The number of nitrogens with one attached hydrogen (secondary N) is 5. The van der Waals surface area contributed by atoms with E-state index in [0.717, 1.165) is 109 Å². The maximum atomic E-state index is 13.5. The summed E-state index contributed by atoms with van der Waals surface area (Å²) in [6.07, 6.45) is 24.1. The van der Waals surface area contributed by atoms with E-state index in [2.05, 4.69) is 174 Å². The van der Waals surface area contributed by atoms with Crippen molar-refractivity contribution in [3.05, 3.63) is 24.3 Å². The van der Waals surface area contributed by atoms with Crippen molar-refractivity contribution in [2.45, 2.75) is 349 Å². The zero-order valence-electron chi connectivity index (χ0n) is 88.8. The molecule has 10 unspecified atom stereocenters. The predicted octanol–water partition coefficient (Wildman–Crippen LogP) is 15.0. The summed E-state index contributed by atoms with van der Waals surface area (Å²) in [5.41, 5.74) is 4.91. The molecule has 5 aliphatic carbocycles. The average molecular weight is 1960 g/mol. The summed E-state index contributed by atoms with van der Waals surface area (Å²) in [5, 5.41) is 65.4. The monoisotopic (exact) mass is 1960 g/mol. The van der Waals surface area contributed by atoms with Crippen LogP contribution in [0.25, 0.3) is 0 Å². The Hall–Kier alpha value is -8.34. The molecule has 0 aromatic carbocycles. The van der Waals surface area contributed by atoms with E-state index < -0.39 is 23.7 Å². The number of nitriles is 2. The van der Waals surface area contributed by atoms with E-state index in [1.54, 1.807) is 43.4 Å². The van der Waals surface area contributed by atoms with E-state index in [1.165, 1.54) is 0 Å². The van der Waals surface area contributed by atoms with Crippen LogP contribution in [-0.2, 0) is 80.9 Å². The summed E-state index contributed by atoms with van der Waals surface area (Å²) in [4.78, 5) is 129. The fourth-order valence-electron chi connectivity index (χ4n) is 21.3. The first-order valence-corrected chi connectivity index (χ1v) is 49.4. The Morgan fingerprint density at radius 1 is 0.464 bits per heavy atom. The molecule has 11 N–H and O–H groups in total. The molecule has 0 heterocycles. The van der Waals surface area contributed by atoms with E-state index in [4.69, 9.17) is 84.1 Å². The summed E-state index contributed by atoms with van der Waals surface area (Å²) in [7, 11) is 0. The van der Waals surface area contributed by atoms with Crippen molar-refractivity contribution in [2.24, 2.45) is 81.7 Å². The standard InChI is InChI=1S/C44H78N4O10.C29H47N3O6.C12H18N2O2.C10H19NO2.C4H11NO2.C4H10O2/c1-32(2)37(52)57-22-17-48(40(3,4)5)35(50)14-15-43(10)28-34(27-42(8,9)29-43)47-39(54)58-20-13-12-19-56-36(51)24-33-25-41(6,7)30-44(11,26-33)31-46-38(53)45-16-21-55-23-18-49;1-26(2)12-22(13-28(5,16-26)18-31-21-33)11-24(34)37-9-7-8-10-38-25(35)32-23-14-27(3,4)17-29(6,15-23)19-36-20-30;1-11(2)4-10(16-8-13)5-12(3,6-11)7-14-9-15;1-8(2)9(12)13-7-6-11-10(3,4)5;5-1-3-7-4-2-6;5-3-1-2-4-6/h33-34,49H,1,12-31H2,2-11H3,(H,47,54)(H2,45,46,53);22-23H,7-19H2,1-6H3,(H,32,35);10H,4-7H2,1-3H3;11H,1,6-7H2,2-5H3;6H,1-5H2;5-6H,1-4H2. The van der Waals surface area contributed by atoms with Crippen LogP contribution in [0.1, 0.15) is 320 Å². The van der Waals surface area contributed by atoms with Crippen LogP contribution in [0.3, 0.4) is 0 Å². The second-order valence-electron chi connectivity index (χ2n) is 46.2. The molecule has 0 spiro atoms. The molecule has 5 rings (SSSR count). The van der Waals surface area contributed by atoms with Crippen LogP contribution < -0.4 is 32.3 Å². The van der Waals surface area contributed by atoms with Crippen molar-refractivity contribution < 1.29 is 116 Å². The first-order chi connectivity index (χ1) is 64.1. The van der Waals surface area contributed by atoms with Crippen LogP contribution in [0.4, 0.5) is 14.4 Å². The number of aliphatic hydroxyl groups is 4. The molecule has 794 valence electrons. The van der Waals surface area contributed by atoms with Gasteiger partial charge in [-0.3, -0.25) is 14.4 Å². The molecular formula is C103H183N11O24. The van der Waals surface area contributed by atoms with Gasteiger partial charge in [-0.25, -0.2) is 43.5 Å². The van der Waals surface area contributed by atoms with E-state index in [-0.39, 0.29) is 179 Å². The molecule has 0 aliphatic heterocycles. The van der Waals surface area contributed by atoms with Gasteiger partial charge in [-0.15, -0.1) is 0 Å². The van der Waals surface area contributed by atoms with Gasteiger partial charge >= 0.3 is 42.1 Å². The van der Waals surface area contributed by atoms with E-state index in [1.807, 2.05) is 20.8 Å². The van der Waals surface area contributed by atoms with E-state index in [0.29, 0.717) is 148 Å². The largest absolute Gasteiger partial charge is 0.466 e. The van der Waals surface area contributed by atoms with Gasteiger partial charge in [0.1, 0.15) is 25.9 Å². The number of alkyl carbamates (subject to hydrolysis) is 2. The normalized spacial score (nSPS) is 23.9. The van der Waals surface area contributed by atoms with Crippen molar-refractivity contribution in [2.75, 3.05) is 145 Å². The van der Waals surface area contributed by atoms with Crippen LogP contribution in [0.5, 0.6) is 0 Å². The molecule has 5 amide bonds. The average Bonchev–Trinajstić information content (AvgIpc) is 0.837. The summed E-state index contributed by atoms with van der Waals surface area (Å²) in [6.45, 7) is 61.9. The molecule has 5 fully saturated rings. The second kappa shape index (κ2) is 65.0. The number of carbonyl (C=O) groups excluding carboxylic acids is 10. The highest BCUT2D eigenvalue weighted by Gasteiger charge is 2.48. The molecular weight excluding hydrogens is 1780 g/mol. The highest BCUT2D eigenvalue weighted by molar-refractivity contribution is 5.87. The fraction of sp³-hybridized carbons (Fsp3) is 0.845. The van der Waals surface area contributed by atoms with Crippen LogP contribution in [0.15, 0.2) is 34.3 Å². The fourth-order valence-corrected chi connectivity index (χ4v) is 21.3. The smallest absolute Gasteiger partial charge is 0.407 e. The Morgan fingerprint density at radius 3 is 1.32 bits per heavy atom. The van der Waals surface area contributed by atoms with Crippen molar-refractivity contribution in [3.63, 3.8) is 0 Å². The summed E-state index contributed by atoms with van der Waals surface area (Å²) in [6, 6.07) is -0.407. The molecule has 0 radical (unpaired) electrons. The lowest BCUT2D eigenvalue weighted by molar-refractivity contribution is -0.147. The molecule has 0 aromatic rings. The topological polar surface area (TPSA) is 506 Å². The van der Waals surface area contributed by atoms with Gasteiger partial charge in [0, 0.05) is 98.4 Å². The number of esters is 4. The summed E-state index contributed by atoms with van der Waals surface area (Å²) < 4.78 is 52.1. The number of amides is 5. The van der Waals surface area contributed by atoms with Crippen molar-refractivity contribution in [1.82, 2.24) is 31.5 Å². The minimum Gasteiger partial charge on any atom is -0.466 e. The number of rotatable bonds is 48. The molecule has 5 aliphatic rings. The lowest BCUT2D eigenvalue weighted by Gasteiger charge is -2.47. The number of urea groups is 1. The van der Waals surface area contributed by atoms with Gasteiger partial charge < -0.3 is 105 Å². The Labute approximate surface area is 826 Å². The molecule has 138 heavy (non-hydrogen) atoms. The molecule has 0 aromatic heterocycles. The lowest BCUT2D eigenvalue weighted by atomic mass is 9.60. The van der Waals surface area contributed by atoms with Crippen molar-refractivity contribution >= 4 is 60.2 Å². The third kappa shape index (κ3) is 62.1. The molecule has 10 atom stereocenters.